The first kappa shape index (κ1) is 11.2. The predicted octanol–water partition coefficient (Wildman–Crippen LogP) is 0.175. The molecule has 0 atom stereocenters. The average Bonchev–Trinajstić information content (AvgIpc) is 2.61. The van der Waals surface area contributed by atoms with Crippen molar-refractivity contribution in [1.29, 1.82) is 0 Å². The van der Waals surface area contributed by atoms with Gasteiger partial charge >= 0.3 is 5.97 Å². The Balaban J connectivity index is 2.15. The second kappa shape index (κ2) is 4.26. The largest absolute Gasteiger partial charge is 0.477 e. The third-order valence-corrected chi connectivity index (χ3v) is 3.73. The summed E-state index contributed by atoms with van der Waals surface area (Å²) in [7, 11) is 2.07. The number of carbonyl (C=O) groups is 1. The molecule has 16 heavy (non-hydrogen) atoms. The molecule has 1 aromatic rings. The molecule has 0 saturated carbocycles. The highest BCUT2D eigenvalue weighted by Gasteiger charge is 2.21. The summed E-state index contributed by atoms with van der Waals surface area (Å²) in [6, 6.07) is 0. The summed E-state index contributed by atoms with van der Waals surface area (Å²) in [4.78, 5) is 19.4. The lowest BCUT2D eigenvalue weighted by molar-refractivity contribution is 0.0703. The molecule has 0 bridgehead atoms. The summed E-state index contributed by atoms with van der Waals surface area (Å²) in [5, 5.41) is 9.59. The molecule has 0 amide bonds. The Morgan fingerprint density at radius 1 is 1.44 bits per heavy atom. The van der Waals surface area contributed by atoms with Gasteiger partial charge in [0.15, 0.2) is 15.8 Å². The molecule has 0 unspecified atom stereocenters. The third kappa shape index (κ3) is 2.10. The fourth-order valence-corrected chi connectivity index (χ4v) is 2.48. The van der Waals surface area contributed by atoms with Crippen molar-refractivity contribution in [3.8, 4) is 0 Å². The number of nitrogens with zero attached hydrogens (tertiary/aromatic N) is 3. The zero-order valence-corrected chi connectivity index (χ0v) is 9.83. The number of carboxylic acids is 1. The molecule has 1 aliphatic rings. The molecule has 3 N–H and O–H groups in total. The van der Waals surface area contributed by atoms with Crippen LogP contribution in [0.15, 0.2) is 0 Å². The van der Waals surface area contributed by atoms with Crippen LogP contribution >= 0.6 is 11.3 Å². The molecule has 2 heterocycles. The van der Waals surface area contributed by atoms with E-state index in [0.29, 0.717) is 5.13 Å². The van der Waals surface area contributed by atoms with Gasteiger partial charge in [0.25, 0.3) is 0 Å². The lowest BCUT2D eigenvalue weighted by Gasteiger charge is -2.31. The van der Waals surface area contributed by atoms with Crippen LogP contribution in [0.4, 0.5) is 10.9 Å². The predicted molar refractivity (Wildman–Crippen MR) is 63.2 cm³/mol. The number of nitrogen functional groups attached to an aromatic ring is 1. The fraction of sp³-hybridized carbons (Fsp3) is 0.556. The van der Waals surface area contributed by atoms with Crippen molar-refractivity contribution >= 4 is 28.3 Å². The summed E-state index contributed by atoms with van der Waals surface area (Å²) in [6.45, 7) is 3.65. The Morgan fingerprint density at radius 3 is 2.56 bits per heavy atom. The smallest absolute Gasteiger partial charge is 0.349 e. The number of likely N-dealkylation sites (N-methyl/N-ethyl adjacent to an activating group) is 1. The van der Waals surface area contributed by atoms with Crippen molar-refractivity contribution < 1.29 is 9.90 Å². The molecule has 1 aromatic heterocycles. The number of aromatic carboxylic acids is 1. The van der Waals surface area contributed by atoms with Crippen LogP contribution in [0.5, 0.6) is 0 Å². The Bertz CT molecular complexity index is 398. The molecule has 1 fully saturated rings. The molecule has 0 radical (unpaired) electrons. The molecule has 0 aromatic carbocycles. The first-order valence-electron chi connectivity index (χ1n) is 5.01. The van der Waals surface area contributed by atoms with Crippen LogP contribution in [-0.2, 0) is 0 Å². The van der Waals surface area contributed by atoms with E-state index in [1.165, 1.54) is 0 Å². The Hall–Kier alpha value is -1.34. The highest BCUT2D eigenvalue weighted by Crippen LogP contribution is 2.28. The fourth-order valence-electron chi connectivity index (χ4n) is 1.61. The zero-order valence-electron chi connectivity index (χ0n) is 9.01. The van der Waals surface area contributed by atoms with Gasteiger partial charge in [-0.05, 0) is 7.05 Å². The number of piperazine rings is 1. The van der Waals surface area contributed by atoms with Gasteiger partial charge in [-0.1, -0.05) is 11.3 Å². The molecule has 1 aliphatic heterocycles. The minimum absolute atomic E-state index is 0.117. The number of hydrogen-bond donors (Lipinski definition) is 2. The van der Waals surface area contributed by atoms with Crippen molar-refractivity contribution in [2.75, 3.05) is 43.9 Å². The molecule has 6 nitrogen and oxygen atoms in total. The van der Waals surface area contributed by atoms with E-state index in [0.717, 1.165) is 37.5 Å². The van der Waals surface area contributed by atoms with Crippen LogP contribution < -0.4 is 10.6 Å². The maximum Gasteiger partial charge on any atom is 0.349 e. The zero-order chi connectivity index (χ0) is 11.7. The Morgan fingerprint density at radius 2 is 2.06 bits per heavy atom. The normalized spacial score (nSPS) is 17.7. The Kier molecular flexibility index (Phi) is 2.97. The van der Waals surface area contributed by atoms with Gasteiger partial charge in [0, 0.05) is 26.2 Å². The first-order valence-corrected chi connectivity index (χ1v) is 5.82. The van der Waals surface area contributed by atoms with E-state index in [1.807, 2.05) is 0 Å². The maximum absolute atomic E-state index is 10.8. The van der Waals surface area contributed by atoms with Crippen LogP contribution in [0.3, 0.4) is 0 Å². The van der Waals surface area contributed by atoms with Crippen LogP contribution in [0.2, 0.25) is 0 Å². The van der Waals surface area contributed by atoms with E-state index < -0.39 is 5.97 Å². The van der Waals surface area contributed by atoms with Gasteiger partial charge in [-0.2, -0.15) is 0 Å². The third-order valence-electron chi connectivity index (χ3n) is 2.61. The number of hydrogen-bond acceptors (Lipinski definition) is 6. The lowest BCUT2D eigenvalue weighted by atomic mass is 10.3. The molecule has 88 valence electrons. The summed E-state index contributed by atoms with van der Waals surface area (Å²) in [5.74, 6) is -0.887. The Labute approximate surface area is 97.3 Å². The van der Waals surface area contributed by atoms with Gasteiger partial charge in [-0.15, -0.1) is 0 Å². The minimum atomic E-state index is -1.00. The SMILES string of the molecule is CN1CCN(c2nc(N)c(C(=O)O)s2)CC1. The monoisotopic (exact) mass is 242 g/mol. The van der Waals surface area contributed by atoms with Gasteiger partial charge in [0.1, 0.15) is 0 Å². The minimum Gasteiger partial charge on any atom is -0.477 e. The number of nitrogens with two attached hydrogens (primary N) is 1. The second-order valence-corrected chi connectivity index (χ2v) is 4.78. The van der Waals surface area contributed by atoms with Gasteiger partial charge < -0.3 is 20.6 Å². The van der Waals surface area contributed by atoms with E-state index >= 15 is 0 Å². The molecule has 0 aliphatic carbocycles. The summed E-state index contributed by atoms with van der Waals surface area (Å²) >= 11 is 1.15. The van der Waals surface area contributed by atoms with E-state index in [1.54, 1.807) is 0 Å². The van der Waals surface area contributed by atoms with Crippen LogP contribution in [-0.4, -0.2) is 54.2 Å². The van der Waals surface area contributed by atoms with Crippen molar-refractivity contribution in [2.45, 2.75) is 0 Å². The maximum atomic E-state index is 10.8. The van der Waals surface area contributed by atoms with Crippen molar-refractivity contribution in [1.82, 2.24) is 9.88 Å². The van der Waals surface area contributed by atoms with E-state index in [-0.39, 0.29) is 10.7 Å². The number of rotatable bonds is 2. The second-order valence-electron chi connectivity index (χ2n) is 3.81. The molecular formula is C9H14N4O2S. The molecule has 0 spiro atoms. The van der Waals surface area contributed by atoms with Gasteiger partial charge in [0.2, 0.25) is 0 Å². The van der Waals surface area contributed by atoms with Crippen LogP contribution in [0.1, 0.15) is 9.67 Å². The topological polar surface area (TPSA) is 82.7 Å². The number of aromatic nitrogens is 1. The quantitative estimate of drug-likeness (QED) is 0.769. The first-order chi connectivity index (χ1) is 7.58. The van der Waals surface area contributed by atoms with E-state index in [2.05, 4.69) is 21.8 Å². The lowest BCUT2D eigenvalue weighted by Crippen LogP contribution is -2.44. The number of anilines is 2. The van der Waals surface area contributed by atoms with Crippen LogP contribution in [0, 0.1) is 0 Å². The summed E-state index contributed by atoms with van der Waals surface area (Å²) in [5.41, 5.74) is 5.56. The summed E-state index contributed by atoms with van der Waals surface area (Å²) < 4.78 is 0. The molecule has 2 rings (SSSR count). The van der Waals surface area contributed by atoms with Crippen LogP contribution in [0.25, 0.3) is 0 Å². The van der Waals surface area contributed by atoms with Gasteiger partial charge in [-0.25, -0.2) is 9.78 Å². The van der Waals surface area contributed by atoms with Crippen molar-refractivity contribution in [3.63, 3.8) is 0 Å². The molecule has 7 heteroatoms. The van der Waals surface area contributed by atoms with Crippen molar-refractivity contribution in [2.24, 2.45) is 0 Å². The van der Waals surface area contributed by atoms with E-state index in [4.69, 9.17) is 10.8 Å². The highest BCUT2D eigenvalue weighted by molar-refractivity contribution is 7.17. The standard InChI is InChI=1S/C9H14N4O2S/c1-12-2-4-13(5-3-12)9-11-7(10)6(16-9)8(14)15/h2-5,10H2,1H3,(H,14,15). The van der Waals surface area contributed by atoms with E-state index in [9.17, 15) is 4.79 Å². The van der Waals surface area contributed by atoms with Gasteiger partial charge in [0.05, 0.1) is 0 Å². The average molecular weight is 242 g/mol. The number of thiazole rings is 1. The highest BCUT2D eigenvalue weighted by atomic mass is 32.1. The number of carboxylic acid groups (broad SMARTS) is 1. The molecular weight excluding hydrogens is 228 g/mol. The summed E-state index contributed by atoms with van der Waals surface area (Å²) in [6.07, 6.45) is 0. The van der Waals surface area contributed by atoms with Crippen molar-refractivity contribution in [3.05, 3.63) is 4.88 Å². The van der Waals surface area contributed by atoms with Gasteiger partial charge in [-0.3, -0.25) is 0 Å². The molecule has 1 saturated heterocycles.